The number of piperidine rings is 1. The van der Waals surface area contributed by atoms with Gasteiger partial charge in [0.25, 0.3) is 5.91 Å². The zero-order chi connectivity index (χ0) is 20.3. The molecule has 0 aromatic heterocycles. The largest absolute Gasteiger partial charge is 0.487 e. The average molecular weight is 410 g/mol. The first kappa shape index (κ1) is 20.4. The summed E-state index contributed by atoms with van der Waals surface area (Å²) in [6.45, 7) is 4.56. The lowest BCUT2D eigenvalue weighted by molar-refractivity contribution is -0.139. The minimum atomic E-state index is -0.726. The average Bonchev–Trinajstić information content (AvgIpc) is 2.67. The molecule has 1 saturated heterocycles. The van der Waals surface area contributed by atoms with Crippen molar-refractivity contribution in [3.8, 4) is 11.5 Å². The lowest BCUT2D eigenvalue weighted by Crippen LogP contribution is -2.46. The molecule has 28 heavy (non-hydrogen) atoms. The molecule has 1 aliphatic heterocycles. The van der Waals surface area contributed by atoms with Crippen LogP contribution in [0.5, 0.6) is 11.5 Å². The molecule has 0 N–H and O–H groups in total. The summed E-state index contributed by atoms with van der Waals surface area (Å²) in [4.78, 5) is 14.4. The Morgan fingerprint density at radius 3 is 2.54 bits per heavy atom. The molecule has 0 saturated carbocycles. The highest BCUT2D eigenvalue weighted by molar-refractivity contribution is 6.32. The Bertz CT molecular complexity index is 854. The third-order valence-corrected chi connectivity index (χ3v) is 4.99. The molecule has 7 heteroatoms. The van der Waals surface area contributed by atoms with Crippen molar-refractivity contribution in [2.24, 2.45) is 0 Å². The molecule has 150 valence electrons. The van der Waals surface area contributed by atoms with Crippen molar-refractivity contribution in [3.63, 3.8) is 0 Å². The molecule has 4 nitrogen and oxygen atoms in total. The number of likely N-dealkylation sites (tertiary alicyclic amines) is 1. The topological polar surface area (TPSA) is 38.8 Å². The molecule has 1 amide bonds. The smallest absolute Gasteiger partial charge is 0.263 e. The third kappa shape index (κ3) is 4.93. The first-order valence-corrected chi connectivity index (χ1v) is 9.54. The summed E-state index contributed by atoms with van der Waals surface area (Å²) in [6.07, 6.45) is 0.207. The summed E-state index contributed by atoms with van der Waals surface area (Å²) in [6, 6.07) is 8.64. The molecule has 2 aromatic rings. The summed E-state index contributed by atoms with van der Waals surface area (Å²) in [5.74, 6) is -1.00. The van der Waals surface area contributed by atoms with Crippen molar-refractivity contribution in [2.75, 3.05) is 13.1 Å². The molecule has 0 aliphatic carbocycles. The quantitative estimate of drug-likeness (QED) is 0.714. The second kappa shape index (κ2) is 8.78. The summed E-state index contributed by atoms with van der Waals surface area (Å²) < 4.78 is 38.1. The lowest BCUT2D eigenvalue weighted by Gasteiger charge is -2.33. The molecule has 1 heterocycles. The predicted molar refractivity (Wildman–Crippen MR) is 103 cm³/mol. The van der Waals surface area contributed by atoms with E-state index in [1.54, 1.807) is 24.0 Å². The molecule has 1 unspecified atom stereocenters. The monoisotopic (exact) mass is 409 g/mol. The fourth-order valence-electron chi connectivity index (χ4n) is 3.14. The normalized spacial score (nSPS) is 16.0. The van der Waals surface area contributed by atoms with Gasteiger partial charge in [-0.15, -0.1) is 0 Å². The summed E-state index contributed by atoms with van der Waals surface area (Å²) in [5, 5.41) is 0.457. The van der Waals surface area contributed by atoms with Gasteiger partial charge in [0.15, 0.2) is 17.7 Å². The zero-order valence-electron chi connectivity index (χ0n) is 15.8. The predicted octanol–water partition coefficient (Wildman–Crippen LogP) is 4.76. The van der Waals surface area contributed by atoms with Crippen LogP contribution in [-0.2, 0) is 4.79 Å². The second-order valence-corrected chi connectivity index (χ2v) is 7.32. The number of halogens is 3. The number of carbonyl (C=O) groups is 1. The van der Waals surface area contributed by atoms with Crippen molar-refractivity contribution in [1.82, 2.24) is 4.90 Å². The van der Waals surface area contributed by atoms with Crippen molar-refractivity contribution >= 4 is 17.5 Å². The van der Waals surface area contributed by atoms with Crippen LogP contribution < -0.4 is 9.47 Å². The van der Waals surface area contributed by atoms with E-state index in [0.717, 1.165) is 17.7 Å². The van der Waals surface area contributed by atoms with Crippen LogP contribution >= 0.6 is 11.6 Å². The van der Waals surface area contributed by atoms with Gasteiger partial charge in [0.1, 0.15) is 17.7 Å². The number of aryl methyl sites for hydroxylation is 1. The number of amides is 1. The van der Waals surface area contributed by atoms with E-state index in [1.807, 2.05) is 13.0 Å². The van der Waals surface area contributed by atoms with Crippen LogP contribution in [0.4, 0.5) is 8.78 Å². The first-order chi connectivity index (χ1) is 13.3. The van der Waals surface area contributed by atoms with Gasteiger partial charge in [-0.05, 0) is 43.7 Å². The number of carbonyl (C=O) groups excluding carboxylic acids is 1. The van der Waals surface area contributed by atoms with Crippen LogP contribution in [0, 0.1) is 18.6 Å². The summed E-state index contributed by atoms with van der Waals surface area (Å²) in [7, 11) is 0. The van der Waals surface area contributed by atoms with Gasteiger partial charge in [-0.2, -0.15) is 0 Å². The van der Waals surface area contributed by atoms with E-state index in [0.29, 0.717) is 36.7 Å². The van der Waals surface area contributed by atoms with Gasteiger partial charge in [0.05, 0.1) is 5.02 Å². The van der Waals surface area contributed by atoms with Crippen LogP contribution in [0.1, 0.15) is 25.3 Å². The lowest BCUT2D eigenvalue weighted by atomic mass is 10.1. The van der Waals surface area contributed by atoms with Crippen molar-refractivity contribution < 1.29 is 23.0 Å². The van der Waals surface area contributed by atoms with E-state index in [1.165, 1.54) is 6.07 Å². The Hall–Kier alpha value is -2.34. The van der Waals surface area contributed by atoms with Crippen molar-refractivity contribution in [3.05, 3.63) is 58.6 Å². The maximum atomic E-state index is 13.7. The number of hydrogen-bond acceptors (Lipinski definition) is 3. The highest BCUT2D eigenvalue weighted by Gasteiger charge is 2.28. The Morgan fingerprint density at radius 2 is 1.86 bits per heavy atom. The number of hydrogen-bond donors (Lipinski definition) is 0. The Balaban J connectivity index is 1.53. The summed E-state index contributed by atoms with van der Waals surface area (Å²) >= 11 is 6.13. The molecule has 0 spiro atoms. The molecule has 0 radical (unpaired) electrons. The zero-order valence-corrected chi connectivity index (χ0v) is 16.5. The fourth-order valence-corrected chi connectivity index (χ4v) is 3.31. The van der Waals surface area contributed by atoms with Gasteiger partial charge >= 0.3 is 0 Å². The van der Waals surface area contributed by atoms with E-state index in [2.05, 4.69) is 0 Å². The van der Waals surface area contributed by atoms with Crippen LogP contribution in [-0.4, -0.2) is 36.1 Å². The van der Waals surface area contributed by atoms with Gasteiger partial charge in [-0.1, -0.05) is 17.7 Å². The maximum Gasteiger partial charge on any atom is 0.263 e. The van der Waals surface area contributed by atoms with Crippen molar-refractivity contribution in [1.29, 1.82) is 0 Å². The minimum Gasteiger partial charge on any atom is -0.487 e. The standard InChI is InChI=1S/C21H22ClF2NO3/c1-13-3-5-17(22)20(11-13)27-14(2)21(26)25-9-7-16(8-10-25)28-19-6-4-15(23)12-18(19)24/h3-6,11-12,14,16H,7-10H2,1-2H3. The number of ether oxygens (including phenoxy) is 2. The molecule has 0 bridgehead atoms. The molecule has 1 aliphatic rings. The van der Waals surface area contributed by atoms with E-state index >= 15 is 0 Å². The van der Waals surface area contributed by atoms with Gasteiger partial charge in [0, 0.05) is 32.0 Å². The highest BCUT2D eigenvalue weighted by atomic mass is 35.5. The van der Waals surface area contributed by atoms with Crippen LogP contribution in [0.3, 0.4) is 0 Å². The molecule has 2 aromatic carbocycles. The fraction of sp³-hybridized carbons (Fsp3) is 0.381. The molecule has 1 atom stereocenters. The minimum absolute atomic E-state index is 0.0250. The van der Waals surface area contributed by atoms with Gasteiger partial charge in [-0.3, -0.25) is 4.79 Å². The molecular formula is C21H22ClF2NO3. The van der Waals surface area contributed by atoms with Gasteiger partial charge < -0.3 is 14.4 Å². The second-order valence-electron chi connectivity index (χ2n) is 6.91. The number of rotatable bonds is 5. The number of benzene rings is 2. The Kier molecular flexibility index (Phi) is 6.39. The van der Waals surface area contributed by atoms with Gasteiger partial charge in [-0.25, -0.2) is 8.78 Å². The van der Waals surface area contributed by atoms with Gasteiger partial charge in [0.2, 0.25) is 0 Å². The van der Waals surface area contributed by atoms with E-state index in [-0.39, 0.29) is 17.8 Å². The van der Waals surface area contributed by atoms with Crippen molar-refractivity contribution in [2.45, 2.75) is 38.9 Å². The first-order valence-electron chi connectivity index (χ1n) is 9.17. The Morgan fingerprint density at radius 1 is 1.14 bits per heavy atom. The maximum absolute atomic E-state index is 13.7. The molecule has 3 rings (SSSR count). The SMILES string of the molecule is Cc1ccc(Cl)c(OC(C)C(=O)N2CCC(Oc3ccc(F)cc3F)CC2)c1. The van der Waals surface area contributed by atoms with E-state index in [9.17, 15) is 13.6 Å². The van der Waals surface area contributed by atoms with Crippen LogP contribution in [0.25, 0.3) is 0 Å². The third-order valence-electron chi connectivity index (χ3n) is 4.68. The Labute approximate surface area is 168 Å². The molecule has 1 fully saturated rings. The van der Waals surface area contributed by atoms with E-state index < -0.39 is 17.7 Å². The van der Waals surface area contributed by atoms with Crippen LogP contribution in [0.15, 0.2) is 36.4 Å². The molecular weight excluding hydrogens is 388 g/mol. The summed E-state index contributed by atoms with van der Waals surface area (Å²) in [5.41, 5.74) is 0.991. The van der Waals surface area contributed by atoms with E-state index in [4.69, 9.17) is 21.1 Å². The highest BCUT2D eigenvalue weighted by Crippen LogP contribution is 2.27. The van der Waals surface area contributed by atoms with Crippen LogP contribution in [0.2, 0.25) is 5.02 Å². The number of nitrogens with zero attached hydrogens (tertiary/aromatic N) is 1.